The summed E-state index contributed by atoms with van der Waals surface area (Å²) in [6.45, 7) is 4.53. The molecule has 3 aromatic rings. The Hall–Kier alpha value is -2.75. The highest BCUT2D eigenvalue weighted by molar-refractivity contribution is 5.95. The molecule has 0 atom stereocenters. The fourth-order valence-electron chi connectivity index (χ4n) is 3.73. The van der Waals surface area contributed by atoms with Crippen molar-refractivity contribution in [1.29, 1.82) is 0 Å². The molecule has 1 aliphatic heterocycles. The van der Waals surface area contributed by atoms with E-state index in [1.54, 1.807) is 7.11 Å². The summed E-state index contributed by atoms with van der Waals surface area (Å²) in [5.41, 5.74) is 4.56. The van der Waals surface area contributed by atoms with Crippen LogP contribution < -0.4 is 4.74 Å². The topological polar surface area (TPSA) is 34.5 Å². The molecule has 0 radical (unpaired) electrons. The van der Waals surface area contributed by atoms with Crippen LogP contribution in [0.5, 0.6) is 5.75 Å². The fraction of sp³-hybridized carbons (Fsp3) is 0.286. The first-order valence-corrected chi connectivity index (χ1v) is 8.74. The number of hydrogen-bond acceptors (Lipinski definition) is 2. The van der Waals surface area contributed by atoms with Crippen molar-refractivity contribution >= 4 is 16.8 Å². The Labute approximate surface area is 147 Å². The lowest BCUT2D eigenvalue weighted by molar-refractivity contribution is 0.0747. The van der Waals surface area contributed by atoms with Crippen molar-refractivity contribution in [1.82, 2.24) is 9.47 Å². The van der Waals surface area contributed by atoms with Gasteiger partial charge in [-0.2, -0.15) is 0 Å². The van der Waals surface area contributed by atoms with Crippen LogP contribution in [-0.4, -0.2) is 29.0 Å². The number of carbonyl (C=O) groups is 1. The van der Waals surface area contributed by atoms with Crippen LogP contribution in [0.25, 0.3) is 10.9 Å². The van der Waals surface area contributed by atoms with Crippen LogP contribution in [0.2, 0.25) is 0 Å². The Bertz CT molecular complexity index is 925. The van der Waals surface area contributed by atoms with Crippen molar-refractivity contribution in [2.24, 2.45) is 0 Å². The average molecular weight is 334 g/mol. The van der Waals surface area contributed by atoms with Crippen molar-refractivity contribution in [3.8, 4) is 5.75 Å². The highest BCUT2D eigenvalue weighted by Crippen LogP contribution is 2.30. The number of aryl methyl sites for hydroxylation is 1. The van der Waals surface area contributed by atoms with E-state index in [9.17, 15) is 4.79 Å². The summed E-state index contributed by atoms with van der Waals surface area (Å²) in [4.78, 5) is 14.9. The van der Waals surface area contributed by atoms with E-state index in [0.717, 1.165) is 25.3 Å². The van der Waals surface area contributed by atoms with Crippen LogP contribution in [0.15, 0.2) is 48.7 Å². The lowest BCUT2D eigenvalue weighted by Crippen LogP contribution is -2.31. The van der Waals surface area contributed by atoms with Crippen molar-refractivity contribution in [3.05, 3.63) is 65.4 Å². The largest absolute Gasteiger partial charge is 0.497 e. The SMILES string of the molecule is CCn1cc2c3c(cccc31)CN(C(=O)c1ccc(OC)cc1)CC2. The molecular formula is C21H22N2O2. The van der Waals surface area contributed by atoms with E-state index in [-0.39, 0.29) is 5.91 Å². The summed E-state index contributed by atoms with van der Waals surface area (Å²) in [7, 11) is 1.63. The molecule has 0 unspecified atom stereocenters. The number of benzene rings is 2. The summed E-state index contributed by atoms with van der Waals surface area (Å²) in [5.74, 6) is 0.842. The molecule has 2 heterocycles. The summed E-state index contributed by atoms with van der Waals surface area (Å²) in [6, 6.07) is 13.8. The number of methoxy groups -OCH3 is 1. The van der Waals surface area contributed by atoms with Gasteiger partial charge in [-0.1, -0.05) is 12.1 Å². The lowest BCUT2D eigenvalue weighted by atomic mass is 10.1. The Kier molecular flexibility index (Phi) is 3.96. The predicted molar refractivity (Wildman–Crippen MR) is 99.1 cm³/mol. The molecule has 1 aliphatic rings. The maximum atomic E-state index is 12.9. The van der Waals surface area contributed by atoms with Crippen LogP contribution in [-0.2, 0) is 19.5 Å². The van der Waals surface area contributed by atoms with Gasteiger partial charge in [0.05, 0.1) is 7.11 Å². The highest BCUT2D eigenvalue weighted by atomic mass is 16.5. The van der Waals surface area contributed by atoms with Gasteiger partial charge in [-0.25, -0.2) is 0 Å². The van der Waals surface area contributed by atoms with Crippen LogP contribution >= 0.6 is 0 Å². The van der Waals surface area contributed by atoms with E-state index in [0.29, 0.717) is 12.1 Å². The molecule has 0 N–H and O–H groups in total. The molecule has 0 bridgehead atoms. The molecule has 1 aromatic heterocycles. The minimum Gasteiger partial charge on any atom is -0.497 e. The van der Waals surface area contributed by atoms with Gasteiger partial charge in [0.1, 0.15) is 5.75 Å². The number of hydrogen-bond donors (Lipinski definition) is 0. The Balaban J connectivity index is 1.67. The fourth-order valence-corrected chi connectivity index (χ4v) is 3.73. The van der Waals surface area contributed by atoms with E-state index >= 15 is 0 Å². The standard InChI is InChI=1S/C21H22N2O2/c1-3-22-13-17-11-12-23(14-16-5-4-6-19(22)20(16)17)21(24)15-7-9-18(25-2)10-8-15/h4-10,13H,3,11-12,14H2,1-2H3. The maximum absolute atomic E-state index is 12.9. The molecule has 4 nitrogen and oxygen atoms in total. The summed E-state index contributed by atoms with van der Waals surface area (Å²) in [5, 5.41) is 1.33. The van der Waals surface area contributed by atoms with Crippen molar-refractivity contribution in [3.63, 3.8) is 0 Å². The minimum absolute atomic E-state index is 0.0770. The van der Waals surface area contributed by atoms with Crippen LogP contribution in [0.3, 0.4) is 0 Å². The number of ether oxygens (including phenoxy) is 1. The zero-order chi connectivity index (χ0) is 17.4. The maximum Gasteiger partial charge on any atom is 0.254 e. The van der Waals surface area contributed by atoms with E-state index < -0.39 is 0 Å². The van der Waals surface area contributed by atoms with Gasteiger partial charge >= 0.3 is 0 Å². The quantitative estimate of drug-likeness (QED) is 0.729. The lowest BCUT2D eigenvalue weighted by Gasteiger charge is -2.21. The Morgan fingerprint density at radius 2 is 1.92 bits per heavy atom. The molecular weight excluding hydrogens is 312 g/mol. The van der Waals surface area contributed by atoms with Gasteiger partial charge in [0.25, 0.3) is 5.91 Å². The van der Waals surface area contributed by atoms with E-state index in [1.165, 1.54) is 22.0 Å². The smallest absolute Gasteiger partial charge is 0.254 e. The second-order valence-electron chi connectivity index (χ2n) is 6.46. The molecule has 0 saturated heterocycles. The number of rotatable bonds is 3. The molecule has 25 heavy (non-hydrogen) atoms. The third kappa shape index (κ3) is 2.68. The Morgan fingerprint density at radius 1 is 1.12 bits per heavy atom. The monoisotopic (exact) mass is 334 g/mol. The highest BCUT2D eigenvalue weighted by Gasteiger charge is 2.23. The van der Waals surface area contributed by atoms with Crippen LogP contribution in [0, 0.1) is 0 Å². The molecule has 4 rings (SSSR count). The number of carbonyl (C=O) groups excluding carboxylic acids is 1. The average Bonchev–Trinajstić information content (AvgIpc) is 2.92. The van der Waals surface area contributed by atoms with E-state index in [4.69, 9.17) is 4.74 Å². The first kappa shape index (κ1) is 15.8. The number of aromatic nitrogens is 1. The molecule has 1 amide bonds. The van der Waals surface area contributed by atoms with Crippen molar-refractivity contribution < 1.29 is 9.53 Å². The normalized spacial score (nSPS) is 13.8. The number of nitrogens with zero attached hydrogens (tertiary/aromatic N) is 2. The van der Waals surface area contributed by atoms with Crippen LogP contribution in [0.1, 0.15) is 28.4 Å². The predicted octanol–water partition coefficient (Wildman–Crippen LogP) is 3.87. The zero-order valence-electron chi connectivity index (χ0n) is 14.7. The molecule has 128 valence electrons. The third-order valence-electron chi connectivity index (χ3n) is 5.05. The molecule has 0 aliphatic carbocycles. The summed E-state index contributed by atoms with van der Waals surface area (Å²) in [6.07, 6.45) is 3.14. The van der Waals surface area contributed by atoms with E-state index in [2.05, 4.69) is 35.9 Å². The molecule has 4 heteroatoms. The van der Waals surface area contributed by atoms with Gasteiger partial charge in [-0.05, 0) is 54.8 Å². The first-order chi connectivity index (χ1) is 12.2. The summed E-state index contributed by atoms with van der Waals surface area (Å²) < 4.78 is 7.48. The van der Waals surface area contributed by atoms with Gasteiger partial charge in [0.2, 0.25) is 0 Å². The zero-order valence-corrected chi connectivity index (χ0v) is 14.7. The van der Waals surface area contributed by atoms with Crippen LogP contribution in [0.4, 0.5) is 0 Å². The third-order valence-corrected chi connectivity index (χ3v) is 5.05. The molecule has 0 saturated carbocycles. The molecule has 0 spiro atoms. The second kappa shape index (κ2) is 6.28. The first-order valence-electron chi connectivity index (χ1n) is 8.74. The van der Waals surface area contributed by atoms with Gasteiger partial charge in [-0.3, -0.25) is 4.79 Å². The van der Waals surface area contributed by atoms with Crippen molar-refractivity contribution in [2.45, 2.75) is 26.4 Å². The van der Waals surface area contributed by atoms with Gasteiger partial charge < -0.3 is 14.2 Å². The summed E-state index contributed by atoms with van der Waals surface area (Å²) >= 11 is 0. The van der Waals surface area contributed by atoms with Crippen molar-refractivity contribution in [2.75, 3.05) is 13.7 Å². The molecule has 0 fully saturated rings. The molecule has 2 aromatic carbocycles. The van der Waals surface area contributed by atoms with Gasteiger partial charge in [-0.15, -0.1) is 0 Å². The van der Waals surface area contributed by atoms with Gasteiger partial charge in [0, 0.05) is 42.3 Å². The minimum atomic E-state index is 0.0770. The Morgan fingerprint density at radius 3 is 2.64 bits per heavy atom. The number of amides is 1. The van der Waals surface area contributed by atoms with E-state index in [1.807, 2.05) is 29.2 Å². The second-order valence-corrected chi connectivity index (χ2v) is 6.46. The van der Waals surface area contributed by atoms with Gasteiger partial charge in [0.15, 0.2) is 0 Å².